The third-order valence-corrected chi connectivity index (χ3v) is 2.33. The van der Waals surface area contributed by atoms with Crippen molar-refractivity contribution in [1.29, 1.82) is 0 Å². The monoisotopic (exact) mass is 221 g/mol. The van der Waals surface area contributed by atoms with Gasteiger partial charge in [-0.3, -0.25) is 0 Å². The van der Waals surface area contributed by atoms with Gasteiger partial charge in [0.2, 0.25) is 0 Å². The number of rotatable bonds is 4. The summed E-state index contributed by atoms with van der Waals surface area (Å²) in [5.41, 5.74) is 2.85. The van der Waals surface area contributed by atoms with Gasteiger partial charge in [-0.15, -0.1) is 0 Å². The second kappa shape index (κ2) is 5.54. The van der Waals surface area contributed by atoms with Crippen LogP contribution in [0, 0.1) is 6.92 Å². The highest BCUT2D eigenvalue weighted by molar-refractivity contribution is 5.89. The lowest BCUT2D eigenvalue weighted by molar-refractivity contribution is 0.0513. The summed E-state index contributed by atoms with van der Waals surface area (Å²) in [7, 11) is 0. The van der Waals surface area contributed by atoms with Crippen molar-refractivity contribution in [3.63, 3.8) is 0 Å². The summed E-state index contributed by atoms with van der Waals surface area (Å²) in [5, 5.41) is 0. The van der Waals surface area contributed by atoms with Gasteiger partial charge in [0, 0.05) is 12.7 Å². The molecule has 0 atom stereocenters. The molecule has 3 nitrogen and oxygen atoms in total. The van der Waals surface area contributed by atoms with Crippen LogP contribution in [-0.2, 0) is 11.3 Å². The van der Waals surface area contributed by atoms with Gasteiger partial charge in [-0.05, 0) is 39.3 Å². The van der Waals surface area contributed by atoms with Gasteiger partial charge < -0.3 is 9.30 Å². The molecule has 0 aromatic carbocycles. The quantitative estimate of drug-likeness (QED) is 0.578. The number of carbonyl (C=O) groups excluding carboxylic acids is 1. The van der Waals surface area contributed by atoms with E-state index in [1.165, 1.54) is 5.57 Å². The molecular weight excluding hydrogens is 202 g/mol. The molecule has 1 aromatic heterocycles. The van der Waals surface area contributed by atoms with Crippen LogP contribution in [0.1, 0.15) is 36.8 Å². The highest BCUT2D eigenvalue weighted by atomic mass is 16.5. The Bertz CT molecular complexity index is 398. The first-order valence-electron chi connectivity index (χ1n) is 5.52. The summed E-state index contributed by atoms with van der Waals surface area (Å²) in [6.07, 6.45) is 4.00. The lowest BCUT2D eigenvalue weighted by Gasteiger charge is -2.07. The Morgan fingerprint density at radius 3 is 2.75 bits per heavy atom. The van der Waals surface area contributed by atoms with Crippen molar-refractivity contribution in [1.82, 2.24) is 4.57 Å². The van der Waals surface area contributed by atoms with Crippen LogP contribution in [0.4, 0.5) is 0 Å². The first-order chi connectivity index (χ1) is 7.56. The van der Waals surface area contributed by atoms with Crippen molar-refractivity contribution in [2.24, 2.45) is 0 Å². The Balaban J connectivity index is 2.94. The Kier molecular flexibility index (Phi) is 4.35. The van der Waals surface area contributed by atoms with Crippen LogP contribution in [0.15, 0.2) is 23.9 Å². The van der Waals surface area contributed by atoms with Crippen LogP contribution >= 0.6 is 0 Å². The molecule has 16 heavy (non-hydrogen) atoms. The summed E-state index contributed by atoms with van der Waals surface area (Å²) < 4.78 is 6.95. The van der Waals surface area contributed by atoms with Crippen molar-refractivity contribution in [2.75, 3.05) is 6.61 Å². The van der Waals surface area contributed by atoms with Gasteiger partial charge >= 0.3 is 5.97 Å². The number of hydrogen-bond donors (Lipinski definition) is 0. The molecule has 0 fully saturated rings. The molecule has 0 unspecified atom stereocenters. The summed E-state index contributed by atoms with van der Waals surface area (Å²) in [5.74, 6) is -0.243. The van der Waals surface area contributed by atoms with Crippen LogP contribution in [0.25, 0.3) is 0 Å². The lowest BCUT2D eigenvalue weighted by atomic mass is 10.2. The van der Waals surface area contributed by atoms with Crippen LogP contribution in [0.3, 0.4) is 0 Å². The van der Waals surface area contributed by atoms with Gasteiger partial charge in [0.05, 0.1) is 6.61 Å². The van der Waals surface area contributed by atoms with Gasteiger partial charge in [0.1, 0.15) is 5.69 Å². The van der Waals surface area contributed by atoms with E-state index in [4.69, 9.17) is 4.74 Å². The molecule has 88 valence electrons. The molecule has 0 spiro atoms. The zero-order valence-electron chi connectivity index (χ0n) is 10.4. The predicted octanol–water partition coefficient (Wildman–Crippen LogP) is 2.94. The smallest absolute Gasteiger partial charge is 0.355 e. The number of aromatic nitrogens is 1. The fraction of sp³-hybridized carbons (Fsp3) is 0.462. The molecule has 0 aliphatic carbocycles. The van der Waals surface area contributed by atoms with Crippen LogP contribution in [0.2, 0.25) is 0 Å². The van der Waals surface area contributed by atoms with Gasteiger partial charge in [0.25, 0.3) is 0 Å². The molecule has 0 aliphatic heterocycles. The molecule has 0 bridgehead atoms. The van der Waals surface area contributed by atoms with Crippen LogP contribution < -0.4 is 0 Å². The van der Waals surface area contributed by atoms with Gasteiger partial charge in [-0.1, -0.05) is 11.6 Å². The fourth-order valence-electron chi connectivity index (χ4n) is 1.49. The molecule has 1 aromatic rings. The van der Waals surface area contributed by atoms with E-state index in [-0.39, 0.29) is 5.97 Å². The van der Waals surface area contributed by atoms with Crippen molar-refractivity contribution in [2.45, 2.75) is 34.2 Å². The van der Waals surface area contributed by atoms with E-state index in [9.17, 15) is 4.79 Å². The summed E-state index contributed by atoms with van der Waals surface area (Å²) in [4.78, 5) is 11.7. The summed E-state index contributed by atoms with van der Waals surface area (Å²) >= 11 is 0. The van der Waals surface area contributed by atoms with Gasteiger partial charge in [-0.2, -0.15) is 0 Å². The second-order valence-corrected chi connectivity index (χ2v) is 4.00. The number of ether oxygens (including phenoxy) is 1. The van der Waals surface area contributed by atoms with Gasteiger partial charge in [0.15, 0.2) is 0 Å². The third-order valence-electron chi connectivity index (χ3n) is 2.33. The number of nitrogens with zero attached hydrogens (tertiary/aromatic N) is 1. The molecule has 1 rings (SSSR count). The zero-order valence-corrected chi connectivity index (χ0v) is 10.4. The number of hydrogen-bond acceptors (Lipinski definition) is 2. The highest BCUT2D eigenvalue weighted by Gasteiger charge is 2.14. The average Bonchev–Trinajstić information content (AvgIpc) is 2.57. The number of esters is 1. The number of aryl methyl sites for hydroxylation is 1. The number of carbonyl (C=O) groups is 1. The molecular formula is C13H19NO2. The fourth-order valence-corrected chi connectivity index (χ4v) is 1.49. The Hall–Kier alpha value is -1.51. The molecule has 0 N–H and O–H groups in total. The van der Waals surface area contributed by atoms with E-state index in [2.05, 4.69) is 6.08 Å². The minimum absolute atomic E-state index is 0.243. The predicted molar refractivity (Wildman–Crippen MR) is 64.6 cm³/mol. The highest BCUT2D eigenvalue weighted by Crippen LogP contribution is 2.12. The van der Waals surface area contributed by atoms with Crippen molar-refractivity contribution in [3.05, 3.63) is 35.2 Å². The normalized spacial score (nSPS) is 10.0. The zero-order chi connectivity index (χ0) is 12.1. The van der Waals surface area contributed by atoms with E-state index >= 15 is 0 Å². The molecule has 0 saturated heterocycles. The number of allylic oxidation sites excluding steroid dienone is 2. The largest absolute Gasteiger partial charge is 0.461 e. The van der Waals surface area contributed by atoms with Crippen molar-refractivity contribution < 1.29 is 9.53 Å². The maximum absolute atomic E-state index is 11.7. The molecule has 3 heteroatoms. The van der Waals surface area contributed by atoms with Crippen molar-refractivity contribution in [3.8, 4) is 0 Å². The lowest BCUT2D eigenvalue weighted by Crippen LogP contribution is -2.12. The Morgan fingerprint density at radius 2 is 2.19 bits per heavy atom. The molecule has 0 amide bonds. The molecule has 0 radical (unpaired) electrons. The SMILES string of the molecule is CCOC(=O)c1c(C)ccn1CC=C(C)C. The summed E-state index contributed by atoms with van der Waals surface area (Å²) in [6.45, 7) is 8.94. The Morgan fingerprint density at radius 1 is 1.50 bits per heavy atom. The average molecular weight is 221 g/mol. The van der Waals surface area contributed by atoms with E-state index in [1.54, 1.807) is 0 Å². The molecule has 1 heterocycles. The van der Waals surface area contributed by atoms with Crippen LogP contribution in [0.5, 0.6) is 0 Å². The van der Waals surface area contributed by atoms with Crippen molar-refractivity contribution >= 4 is 5.97 Å². The minimum Gasteiger partial charge on any atom is -0.461 e. The van der Waals surface area contributed by atoms with E-state index in [0.717, 1.165) is 5.56 Å². The van der Waals surface area contributed by atoms with E-state index in [1.807, 2.05) is 44.5 Å². The van der Waals surface area contributed by atoms with Crippen LogP contribution in [-0.4, -0.2) is 17.1 Å². The second-order valence-electron chi connectivity index (χ2n) is 4.00. The van der Waals surface area contributed by atoms with Gasteiger partial charge in [-0.25, -0.2) is 4.79 Å². The maximum atomic E-state index is 11.7. The summed E-state index contributed by atoms with van der Waals surface area (Å²) in [6, 6.07) is 1.94. The Labute approximate surface area is 96.7 Å². The molecule has 0 aliphatic rings. The maximum Gasteiger partial charge on any atom is 0.355 e. The van der Waals surface area contributed by atoms with E-state index in [0.29, 0.717) is 18.8 Å². The first kappa shape index (κ1) is 12.6. The minimum atomic E-state index is -0.243. The first-order valence-corrected chi connectivity index (χ1v) is 5.52. The molecule has 0 saturated carbocycles. The topological polar surface area (TPSA) is 31.2 Å². The standard InChI is InChI=1S/C13H19NO2/c1-5-16-13(15)12-11(4)7-9-14(12)8-6-10(2)3/h6-7,9H,5,8H2,1-4H3. The third kappa shape index (κ3) is 2.99. The van der Waals surface area contributed by atoms with E-state index < -0.39 is 0 Å².